The molecular weight excluding hydrogens is 271 g/mol. The summed E-state index contributed by atoms with van der Waals surface area (Å²) in [6, 6.07) is 5.27. The summed E-state index contributed by atoms with van der Waals surface area (Å²) >= 11 is 0. The van der Waals surface area contributed by atoms with Crippen molar-refractivity contribution in [2.24, 2.45) is 11.1 Å². The Morgan fingerprint density at radius 3 is 2.05 bits per heavy atom. The van der Waals surface area contributed by atoms with Crippen molar-refractivity contribution >= 4 is 5.78 Å². The molecule has 0 bridgehead atoms. The second-order valence-electron chi connectivity index (χ2n) is 5.72. The van der Waals surface area contributed by atoms with Crippen LogP contribution in [0.5, 0.6) is 5.75 Å². The number of ketones is 1. The Hall–Kier alpha value is -1.56. The lowest BCUT2D eigenvalue weighted by Gasteiger charge is -2.37. The van der Waals surface area contributed by atoms with Crippen LogP contribution in [0.25, 0.3) is 0 Å². The third-order valence-corrected chi connectivity index (χ3v) is 3.54. The van der Waals surface area contributed by atoms with Gasteiger partial charge in [-0.05, 0) is 26.0 Å². The van der Waals surface area contributed by atoms with E-state index >= 15 is 0 Å². The van der Waals surface area contributed by atoms with Gasteiger partial charge in [0.2, 0.25) is 0 Å². The molecule has 20 heavy (non-hydrogen) atoms. The average Bonchev–Trinajstić information content (AvgIpc) is 2.25. The molecular formula is C14H18F3NO2. The van der Waals surface area contributed by atoms with E-state index in [4.69, 9.17) is 5.73 Å². The minimum absolute atomic E-state index is 0.131. The topological polar surface area (TPSA) is 52.3 Å². The van der Waals surface area contributed by atoms with Crippen molar-refractivity contribution in [3.05, 3.63) is 29.8 Å². The number of carbonyl (C=O) groups is 1. The highest BCUT2D eigenvalue weighted by Crippen LogP contribution is 2.36. The van der Waals surface area contributed by atoms with Gasteiger partial charge in [-0.15, -0.1) is 13.2 Å². The first-order chi connectivity index (χ1) is 8.86. The summed E-state index contributed by atoms with van der Waals surface area (Å²) in [6.45, 7) is 6.50. The predicted molar refractivity (Wildman–Crippen MR) is 69.5 cm³/mol. The number of carbonyl (C=O) groups excluding carboxylic acids is 1. The molecule has 0 spiro atoms. The maximum absolute atomic E-state index is 12.5. The van der Waals surface area contributed by atoms with E-state index in [0.29, 0.717) is 0 Å². The van der Waals surface area contributed by atoms with E-state index in [2.05, 4.69) is 4.74 Å². The summed E-state index contributed by atoms with van der Waals surface area (Å²) in [6.07, 6.45) is -4.85. The maximum Gasteiger partial charge on any atom is 0.573 e. The van der Waals surface area contributed by atoms with E-state index in [-0.39, 0.29) is 5.56 Å². The highest BCUT2D eigenvalue weighted by molar-refractivity contribution is 6.03. The standard InChI is InChI=1S/C14H18F3NO2/c1-12(2,13(3,4)18)11(19)9-7-5-6-8-10(9)20-14(15,16)17/h5-8H,18H2,1-4H3. The minimum Gasteiger partial charge on any atom is -0.405 e. The molecule has 0 aliphatic rings. The molecule has 2 N–H and O–H groups in total. The fourth-order valence-electron chi connectivity index (χ4n) is 1.50. The van der Waals surface area contributed by atoms with Crippen LogP contribution in [0.3, 0.4) is 0 Å². The summed E-state index contributed by atoms with van der Waals surface area (Å²) in [4.78, 5) is 12.5. The van der Waals surface area contributed by atoms with Crippen molar-refractivity contribution in [3.8, 4) is 5.75 Å². The first kappa shape index (κ1) is 16.5. The normalized spacial score (nSPS) is 13.2. The summed E-state index contributed by atoms with van der Waals surface area (Å²) in [5, 5.41) is 0. The molecule has 0 aromatic heterocycles. The summed E-state index contributed by atoms with van der Waals surface area (Å²) in [5.74, 6) is -1.01. The Labute approximate surface area is 115 Å². The Morgan fingerprint density at radius 1 is 1.10 bits per heavy atom. The Bertz CT molecular complexity index is 502. The third kappa shape index (κ3) is 3.50. The van der Waals surface area contributed by atoms with Crippen molar-refractivity contribution in [2.45, 2.75) is 39.6 Å². The van der Waals surface area contributed by atoms with Gasteiger partial charge in [0.25, 0.3) is 0 Å². The van der Waals surface area contributed by atoms with Crippen LogP contribution in [-0.4, -0.2) is 17.7 Å². The number of alkyl halides is 3. The SMILES string of the molecule is CC(C)(N)C(C)(C)C(=O)c1ccccc1OC(F)(F)F. The van der Waals surface area contributed by atoms with E-state index in [0.717, 1.165) is 6.07 Å². The van der Waals surface area contributed by atoms with Gasteiger partial charge in [-0.2, -0.15) is 0 Å². The van der Waals surface area contributed by atoms with Gasteiger partial charge in [-0.3, -0.25) is 4.79 Å². The zero-order valence-corrected chi connectivity index (χ0v) is 11.8. The molecule has 1 aromatic rings. The van der Waals surface area contributed by atoms with Crippen LogP contribution in [0.2, 0.25) is 0 Å². The molecule has 0 saturated heterocycles. The number of nitrogens with two attached hydrogens (primary N) is 1. The van der Waals surface area contributed by atoms with E-state index in [9.17, 15) is 18.0 Å². The molecule has 0 radical (unpaired) electrons. The van der Waals surface area contributed by atoms with Crippen LogP contribution in [0.1, 0.15) is 38.1 Å². The second kappa shape index (κ2) is 5.09. The lowest BCUT2D eigenvalue weighted by atomic mass is 9.70. The fourth-order valence-corrected chi connectivity index (χ4v) is 1.50. The Balaban J connectivity index is 3.24. The number of ether oxygens (including phenoxy) is 1. The molecule has 112 valence electrons. The average molecular weight is 289 g/mol. The summed E-state index contributed by atoms with van der Waals surface area (Å²) in [5.41, 5.74) is 3.88. The lowest BCUT2D eigenvalue weighted by molar-refractivity contribution is -0.274. The number of Topliss-reactive ketones (excluding diaryl/α,β-unsaturated/α-hetero) is 1. The van der Waals surface area contributed by atoms with Gasteiger partial charge >= 0.3 is 6.36 Å². The van der Waals surface area contributed by atoms with Crippen molar-refractivity contribution in [1.29, 1.82) is 0 Å². The van der Waals surface area contributed by atoms with Gasteiger partial charge in [-0.25, -0.2) is 0 Å². The highest BCUT2D eigenvalue weighted by atomic mass is 19.4. The van der Waals surface area contributed by atoms with Crippen molar-refractivity contribution < 1.29 is 22.7 Å². The number of halogens is 3. The van der Waals surface area contributed by atoms with Crippen LogP contribution in [0, 0.1) is 5.41 Å². The third-order valence-electron chi connectivity index (χ3n) is 3.54. The Morgan fingerprint density at radius 2 is 1.60 bits per heavy atom. The van der Waals surface area contributed by atoms with Gasteiger partial charge in [0.15, 0.2) is 5.78 Å². The molecule has 0 aliphatic carbocycles. The molecule has 0 atom stereocenters. The van der Waals surface area contributed by atoms with Crippen LogP contribution in [0.15, 0.2) is 24.3 Å². The van der Waals surface area contributed by atoms with Crippen molar-refractivity contribution in [1.82, 2.24) is 0 Å². The first-order valence-corrected chi connectivity index (χ1v) is 6.05. The molecule has 1 aromatic carbocycles. The summed E-state index contributed by atoms with van der Waals surface area (Å²) in [7, 11) is 0. The molecule has 0 amide bonds. The van der Waals surface area contributed by atoms with Gasteiger partial charge in [-0.1, -0.05) is 26.0 Å². The predicted octanol–water partition coefficient (Wildman–Crippen LogP) is 3.53. The van der Waals surface area contributed by atoms with Crippen molar-refractivity contribution in [2.75, 3.05) is 0 Å². The number of rotatable bonds is 4. The minimum atomic E-state index is -4.85. The zero-order valence-electron chi connectivity index (χ0n) is 11.8. The highest BCUT2D eigenvalue weighted by Gasteiger charge is 2.42. The van der Waals surface area contributed by atoms with Gasteiger partial charge < -0.3 is 10.5 Å². The van der Waals surface area contributed by atoms with E-state index in [1.165, 1.54) is 18.2 Å². The van der Waals surface area contributed by atoms with Crippen LogP contribution in [-0.2, 0) is 0 Å². The second-order valence-corrected chi connectivity index (χ2v) is 5.72. The van der Waals surface area contributed by atoms with E-state index in [1.54, 1.807) is 27.7 Å². The first-order valence-electron chi connectivity index (χ1n) is 6.05. The number of para-hydroxylation sites is 1. The van der Waals surface area contributed by atoms with Crippen molar-refractivity contribution in [3.63, 3.8) is 0 Å². The monoisotopic (exact) mass is 289 g/mol. The molecule has 0 saturated carbocycles. The largest absolute Gasteiger partial charge is 0.573 e. The Kier molecular flexibility index (Phi) is 4.20. The molecule has 6 heteroatoms. The van der Waals surface area contributed by atoms with Gasteiger partial charge in [0, 0.05) is 11.0 Å². The van der Waals surface area contributed by atoms with Crippen LogP contribution in [0.4, 0.5) is 13.2 Å². The van der Waals surface area contributed by atoms with Crippen LogP contribution < -0.4 is 10.5 Å². The lowest BCUT2D eigenvalue weighted by Crippen LogP contribution is -2.51. The van der Waals surface area contributed by atoms with E-state index < -0.39 is 28.8 Å². The van der Waals surface area contributed by atoms with Crippen LogP contribution >= 0.6 is 0 Å². The number of benzene rings is 1. The molecule has 0 unspecified atom stereocenters. The number of hydrogen-bond donors (Lipinski definition) is 1. The fraction of sp³-hybridized carbons (Fsp3) is 0.500. The van der Waals surface area contributed by atoms with Gasteiger partial charge in [0.05, 0.1) is 5.56 Å². The number of hydrogen-bond acceptors (Lipinski definition) is 3. The molecule has 3 nitrogen and oxygen atoms in total. The smallest absolute Gasteiger partial charge is 0.405 e. The maximum atomic E-state index is 12.5. The molecule has 0 heterocycles. The van der Waals surface area contributed by atoms with Gasteiger partial charge in [0.1, 0.15) is 5.75 Å². The zero-order chi connectivity index (χ0) is 15.8. The quantitative estimate of drug-likeness (QED) is 0.863. The molecule has 0 fully saturated rings. The summed E-state index contributed by atoms with van der Waals surface area (Å²) < 4.78 is 41.0. The molecule has 1 rings (SSSR count). The van der Waals surface area contributed by atoms with E-state index in [1.807, 2.05) is 0 Å². The molecule has 0 aliphatic heterocycles.